The van der Waals surface area contributed by atoms with Crippen molar-refractivity contribution in [3.63, 3.8) is 0 Å². The first-order valence-electron chi connectivity index (χ1n) is 7.59. The van der Waals surface area contributed by atoms with E-state index in [0.717, 1.165) is 30.9 Å². The van der Waals surface area contributed by atoms with Crippen molar-refractivity contribution in [1.29, 1.82) is 0 Å². The molecule has 4 nitrogen and oxygen atoms in total. The Morgan fingerprint density at radius 1 is 1.05 bits per heavy atom. The monoisotopic (exact) mass is 274 g/mol. The predicted octanol–water partition coefficient (Wildman–Crippen LogP) is 2.29. The van der Waals surface area contributed by atoms with Crippen LogP contribution in [0.2, 0.25) is 0 Å². The van der Waals surface area contributed by atoms with Crippen LogP contribution in [0.5, 0.6) is 5.75 Å². The summed E-state index contributed by atoms with van der Waals surface area (Å²) < 4.78 is 5.46. The van der Waals surface area contributed by atoms with Crippen LogP contribution in [0.1, 0.15) is 25.7 Å². The van der Waals surface area contributed by atoms with Crippen molar-refractivity contribution in [2.75, 3.05) is 37.7 Å². The third-order valence-electron chi connectivity index (χ3n) is 4.11. The summed E-state index contributed by atoms with van der Waals surface area (Å²) in [6, 6.07) is 7.80. The maximum absolute atomic E-state index is 12.0. The van der Waals surface area contributed by atoms with Crippen LogP contribution in [0.3, 0.4) is 0 Å². The van der Waals surface area contributed by atoms with E-state index >= 15 is 0 Å². The highest BCUT2D eigenvalue weighted by Gasteiger charge is 2.24. The van der Waals surface area contributed by atoms with Gasteiger partial charge in [-0.3, -0.25) is 4.79 Å². The molecule has 1 aromatic rings. The van der Waals surface area contributed by atoms with E-state index in [2.05, 4.69) is 4.90 Å². The zero-order valence-corrected chi connectivity index (χ0v) is 11.9. The lowest BCUT2D eigenvalue weighted by molar-refractivity contribution is -0.121. The SMILES string of the molecule is O=C1COc2ccccc2N1CCCN1CCCCC1. The maximum atomic E-state index is 12.0. The molecule has 1 saturated heterocycles. The lowest BCUT2D eigenvalue weighted by Crippen LogP contribution is -2.41. The summed E-state index contributed by atoms with van der Waals surface area (Å²) in [4.78, 5) is 16.4. The number of anilines is 1. The molecule has 2 heterocycles. The van der Waals surface area contributed by atoms with E-state index in [4.69, 9.17) is 4.74 Å². The number of piperidine rings is 1. The number of rotatable bonds is 4. The van der Waals surface area contributed by atoms with Gasteiger partial charge in [-0.1, -0.05) is 18.6 Å². The fourth-order valence-corrected chi connectivity index (χ4v) is 3.03. The van der Waals surface area contributed by atoms with Gasteiger partial charge in [-0.05, 0) is 51.0 Å². The lowest BCUT2D eigenvalue weighted by Gasteiger charge is -2.31. The number of ether oxygens (including phenoxy) is 1. The summed E-state index contributed by atoms with van der Waals surface area (Å²) in [7, 11) is 0. The largest absolute Gasteiger partial charge is 0.482 e. The Morgan fingerprint density at radius 2 is 1.85 bits per heavy atom. The van der Waals surface area contributed by atoms with E-state index in [1.54, 1.807) is 0 Å². The summed E-state index contributed by atoms with van der Waals surface area (Å²) in [5.41, 5.74) is 0.919. The minimum atomic E-state index is 0.0716. The van der Waals surface area contributed by atoms with Crippen molar-refractivity contribution in [2.45, 2.75) is 25.7 Å². The average Bonchev–Trinajstić information content (AvgIpc) is 2.50. The molecule has 0 spiro atoms. The van der Waals surface area contributed by atoms with Crippen LogP contribution in [0, 0.1) is 0 Å². The van der Waals surface area contributed by atoms with Crippen molar-refractivity contribution in [3.05, 3.63) is 24.3 Å². The molecule has 0 radical (unpaired) electrons. The number of amides is 1. The van der Waals surface area contributed by atoms with Crippen molar-refractivity contribution < 1.29 is 9.53 Å². The molecule has 20 heavy (non-hydrogen) atoms. The Kier molecular flexibility index (Phi) is 4.21. The third-order valence-corrected chi connectivity index (χ3v) is 4.11. The predicted molar refractivity (Wildman–Crippen MR) is 79.2 cm³/mol. The van der Waals surface area contributed by atoms with Gasteiger partial charge in [-0.15, -0.1) is 0 Å². The zero-order chi connectivity index (χ0) is 13.8. The molecule has 2 aliphatic heterocycles. The smallest absolute Gasteiger partial charge is 0.265 e. The highest BCUT2D eigenvalue weighted by atomic mass is 16.5. The molecule has 0 aliphatic carbocycles. The highest BCUT2D eigenvalue weighted by Crippen LogP contribution is 2.31. The summed E-state index contributed by atoms with van der Waals surface area (Å²) in [6.45, 7) is 4.48. The lowest BCUT2D eigenvalue weighted by atomic mass is 10.1. The fourth-order valence-electron chi connectivity index (χ4n) is 3.03. The van der Waals surface area contributed by atoms with E-state index in [1.165, 1.54) is 32.4 Å². The Hall–Kier alpha value is -1.55. The van der Waals surface area contributed by atoms with Gasteiger partial charge in [0.05, 0.1) is 5.69 Å². The molecule has 0 aromatic heterocycles. The number of nitrogens with zero attached hydrogens (tertiary/aromatic N) is 2. The van der Waals surface area contributed by atoms with E-state index in [-0.39, 0.29) is 12.5 Å². The minimum Gasteiger partial charge on any atom is -0.482 e. The number of benzene rings is 1. The second kappa shape index (κ2) is 6.27. The van der Waals surface area contributed by atoms with Crippen LogP contribution in [0.25, 0.3) is 0 Å². The van der Waals surface area contributed by atoms with Gasteiger partial charge in [0, 0.05) is 6.54 Å². The zero-order valence-electron chi connectivity index (χ0n) is 11.9. The molecule has 0 saturated carbocycles. The van der Waals surface area contributed by atoms with Gasteiger partial charge in [0.15, 0.2) is 6.61 Å². The number of fused-ring (bicyclic) bond motifs is 1. The molecular formula is C16H22N2O2. The van der Waals surface area contributed by atoms with Gasteiger partial charge < -0.3 is 14.5 Å². The van der Waals surface area contributed by atoms with Crippen LogP contribution in [-0.2, 0) is 4.79 Å². The van der Waals surface area contributed by atoms with Crippen molar-refractivity contribution >= 4 is 11.6 Å². The summed E-state index contributed by atoms with van der Waals surface area (Å²) >= 11 is 0. The van der Waals surface area contributed by atoms with Gasteiger partial charge in [-0.25, -0.2) is 0 Å². The van der Waals surface area contributed by atoms with Gasteiger partial charge in [0.2, 0.25) is 0 Å². The normalized spacial score (nSPS) is 19.6. The summed E-state index contributed by atoms with van der Waals surface area (Å²) in [5, 5.41) is 0. The summed E-state index contributed by atoms with van der Waals surface area (Å²) in [5.74, 6) is 0.896. The molecule has 108 valence electrons. The molecular weight excluding hydrogens is 252 g/mol. The van der Waals surface area contributed by atoms with Crippen LogP contribution in [0.15, 0.2) is 24.3 Å². The van der Waals surface area contributed by atoms with Crippen LogP contribution in [-0.4, -0.2) is 43.6 Å². The first-order valence-corrected chi connectivity index (χ1v) is 7.59. The number of carbonyl (C=O) groups is 1. The Morgan fingerprint density at radius 3 is 2.70 bits per heavy atom. The van der Waals surface area contributed by atoms with Gasteiger partial charge >= 0.3 is 0 Å². The minimum absolute atomic E-state index is 0.0716. The second-order valence-corrected chi connectivity index (χ2v) is 5.56. The number of para-hydroxylation sites is 2. The fraction of sp³-hybridized carbons (Fsp3) is 0.562. The second-order valence-electron chi connectivity index (χ2n) is 5.56. The Bertz CT molecular complexity index is 469. The molecule has 4 heteroatoms. The van der Waals surface area contributed by atoms with E-state index in [1.807, 2.05) is 29.2 Å². The van der Waals surface area contributed by atoms with Crippen molar-refractivity contribution in [3.8, 4) is 5.75 Å². The molecule has 0 bridgehead atoms. The number of hydrogen-bond acceptors (Lipinski definition) is 3. The topological polar surface area (TPSA) is 32.8 Å². The molecule has 0 unspecified atom stereocenters. The number of carbonyl (C=O) groups excluding carboxylic acids is 1. The summed E-state index contributed by atoms with van der Waals surface area (Å²) in [6.07, 6.45) is 5.03. The molecule has 0 atom stereocenters. The molecule has 3 rings (SSSR count). The standard InChI is InChI=1S/C16H22N2O2/c19-16-13-20-15-8-3-2-7-14(15)18(16)12-6-11-17-9-4-1-5-10-17/h2-3,7-8H,1,4-6,9-13H2. The van der Waals surface area contributed by atoms with Gasteiger partial charge in [-0.2, -0.15) is 0 Å². The Balaban J connectivity index is 1.57. The quantitative estimate of drug-likeness (QED) is 0.844. The van der Waals surface area contributed by atoms with Crippen LogP contribution >= 0.6 is 0 Å². The van der Waals surface area contributed by atoms with Crippen LogP contribution < -0.4 is 9.64 Å². The molecule has 0 N–H and O–H groups in total. The first-order chi connectivity index (χ1) is 9.84. The maximum Gasteiger partial charge on any atom is 0.265 e. The van der Waals surface area contributed by atoms with Crippen molar-refractivity contribution in [1.82, 2.24) is 4.90 Å². The molecule has 2 aliphatic rings. The van der Waals surface area contributed by atoms with Crippen molar-refractivity contribution in [2.24, 2.45) is 0 Å². The van der Waals surface area contributed by atoms with Gasteiger partial charge in [0.25, 0.3) is 5.91 Å². The number of likely N-dealkylation sites (tertiary alicyclic amines) is 1. The molecule has 1 aromatic carbocycles. The molecule has 1 fully saturated rings. The average molecular weight is 274 g/mol. The third kappa shape index (κ3) is 2.96. The highest BCUT2D eigenvalue weighted by molar-refractivity contribution is 5.97. The number of hydrogen-bond donors (Lipinski definition) is 0. The van der Waals surface area contributed by atoms with E-state index in [0.29, 0.717) is 0 Å². The van der Waals surface area contributed by atoms with Crippen LogP contribution in [0.4, 0.5) is 5.69 Å². The van der Waals surface area contributed by atoms with Gasteiger partial charge in [0.1, 0.15) is 5.75 Å². The first kappa shape index (κ1) is 13.4. The van der Waals surface area contributed by atoms with E-state index < -0.39 is 0 Å². The molecule has 1 amide bonds. The Labute approximate surface area is 120 Å². The van der Waals surface area contributed by atoms with E-state index in [9.17, 15) is 4.79 Å².